The van der Waals surface area contributed by atoms with Crippen molar-refractivity contribution in [3.8, 4) is 5.75 Å². The SMILES string of the molecule is NCc1cc(COc2ccccc2)on1. The molecule has 4 nitrogen and oxygen atoms in total. The molecule has 0 bridgehead atoms. The van der Waals surface area contributed by atoms with E-state index in [-0.39, 0.29) is 0 Å². The Labute approximate surface area is 87.6 Å². The number of benzene rings is 1. The lowest BCUT2D eigenvalue weighted by atomic mass is 10.3. The second kappa shape index (κ2) is 4.61. The molecule has 0 radical (unpaired) electrons. The minimum absolute atomic E-state index is 0.372. The molecule has 0 aliphatic carbocycles. The van der Waals surface area contributed by atoms with Gasteiger partial charge in [-0.05, 0) is 12.1 Å². The van der Waals surface area contributed by atoms with Crippen molar-refractivity contribution in [2.75, 3.05) is 0 Å². The van der Waals surface area contributed by atoms with Gasteiger partial charge in [0, 0.05) is 12.6 Å². The third kappa shape index (κ3) is 2.57. The fourth-order valence-corrected chi connectivity index (χ4v) is 1.19. The highest BCUT2D eigenvalue weighted by atomic mass is 16.5. The molecule has 0 aliphatic rings. The third-order valence-corrected chi connectivity index (χ3v) is 1.94. The standard InChI is InChI=1S/C11H12N2O2/c12-7-9-6-11(15-13-9)8-14-10-4-2-1-3-5-10/h1-6H,7-8,12H2. The van der Waals surface area contributed by atoms with Crippen LogP contribution in [0.15, 0.2) is 40.9 Å². The second-order valence-corrected chi connectivity index (χ2v) is 3.09. The van der Waals surface area contributed by atoms with E-state index < -0.39 is 0 Å². The molecule has 1 heterocycles. The molecular formula is C11H12N2O2. The number of nitrogens with zero attached hydrogens (tertiary/aromatic N) is 1. The van der Waals surface area contributed by atoms with E-state index in [0.717, 1.165) is 11.4 Å². The van der Waals surface area contributed by atoms with Gasteiger partial charge in [0.2, 0.25) is 0 Å². The van der Waals surface area contributed by atoms with E-state index in [1.54, 1.807) is 6.07 Å². The Morgan fingerprint density at radius 2 is 2.07 bits per heavy atom. The highest BCUT2D eigenvalue weighted by Crippen LogP contribution is 2.11. The molecule has 2 rings (SSSR count). The van der Waals surface area contributed by atoms with Crippen LogP contribution in [0.1, 0.15) is 11.5 Å². The molecule has 1 aromatic heterocycles. The van der Waals surface area contributed by atoms with Gasteiger partial charge in [0.25, 0.3) is 0 Å². The first kappa shape index (κ1) is 9.73. The molecule has 0 spiro atoms. The first-order chi connectivity index (χ1) is 7.38. The van der Waals surface area contributed by atoms with E-state index in [1.165, 1.54) is 0 Å². The van der Waals surface area contributed by atoms with Gasteiger partial charge in [-0.1, -0.05) is 23.4 Å². The molecule has 0 fully saturated rings. The van der Waals surface area contributed by atoms with Crippen LogP contribution in [-0.2, 0) is 13.2 Å². The molecule has 0 aliphatic heterocycles. The molecule has 4 heteroatoms. The predicted molar refractivity (Wildman–Crippen MR) is 55.2 cm³/mol. The van der Waals surface area contributed by atoms with Crippen LogP contribution in [0.2, 0.25) is 0 Å². The summed E-state index contributed by atoms with van der Waals surface area (Å²) in [6.07, 6.45) is 0. The molecule has 0 saturated carbocycles. The maximum atomic E-state index is 5.48. The van der Waals surface area contributed by atoms with E-state index >= 15 is 0 Å². The Balaban J connectivity index is 1.93. The van der Waals surface area contributed by atoms with Crippen LogP contribution in [-0.4, -0.2) is 5.16 Å². The second-order valence-electron chi connectivity index (χ2n) is 3.09. The number of rotatable bonds is 4. The number of aromatic nitrogens is 1. The molecule has 0 amide bonds. The highest BCUT2D eigenvalue weighted by Gasteiger charge is 2.02. The molecule has 0 unspecified atom stereocenters. The maximum absolute atomic E-state index is 5.48. The maximum Gasteiger partial charge on any atom is 0.174 e. The van der Waals surface area contributed by atoms with Gasteiger partial charge in [-0.3, -0.25) is 0 Å². The zero-order valence-corrected chi connectivity index (χ0v) is 8.22. The lowest BCUT2D eigenvalue weighted by Gasteiger charge is -2.01. The van der Waals surface area contributed by atoms with E-state index in [9.17, 15) is 0 Å². The van der Waals surface area contributed by atoms with Crippen LogP contribution in [0.3, 0.4) is 0 Å². The summed E-state index contributed by atoms with van der Waals surface area (Å²) in [6.45, 7) is 0.756. The Morgan fingerprint density at radius 3 is 2.73 bits per heavy atom. The zero-order valence-electron chi connectivity index (χ0n) is 8.22. The van der Waals surface area contributed by atoms with E-state index in [4.69, 9.17) is 15.0 Å². The van der Waals surface area contributed by atoms with Crippen molar-refractivity contribution in [3.05, 3.63) is 47.9 Å². The Bertz CT molecular complexity index is 412. The summed E-state index contributed by atoms with van der Waals surface area (Å²) in [5, 5.41) is 3.77. The minimum atomic E-state index is 0.372. The normalized spacial score (nSPS) is 10.2. The fourth-order valence-electron chi connectivity index (χ4n) is 1.19. The van der Waals surface area contributed by atoms with Gasteiger partial charge in [0.15, 0.2) is 5.76 Å². The number of ether oxygens (including phenoxy) is 1. The number of hydrogen-bond acceptors (Lipinski definition) is 4. The Morgan fingerprint density at radius 1 is 1.27 bits per heavy atom. The quantitative estimate of drug-likeness (QED) is 0.823. The van der Waals surface area contributed by atoms with Gasteiger partial charge in [-0.25, -0.2) is 0 Å². The van der Waals surface area contributed by atoms with Crippen molar-refractivity contribution in [1.29, 1.82) is 0 Å². The monoisotopic (exact) mass is 204 g/mol. The number of hydrogen-bond donors (Lipinski definition) is 1. The van der Waals surface area contributed by atoms with Gasteiger partial charge < -0.3 is 15.0 Å². The summed E-state index contributed by atoms with van der Waals surface area (Å²) in [5.74, 6) is 1.49. The lowest BCUT2D eigenvalue weighted by Crippen LogP contribution is -1.95. The smallest absolute Gasteiger partial charge is 0.174 e. The molecule has 15 heavy (non-hydrogen) atoms. The first-order valence-electron chi connectivity index (χ1n) is 4.71. The molecular weight excluding hydrogens is 192 g/mol. The van der Waals surface area contributed by atoms with Gasteiger partial charge >= 0.3 is 0 Å². The molecule has 1 aromatic carbocycles. The largest absolute Gasteiger partial charge is 0.486 e. The summed E-state index contributed by atoms with van der Waals surface area (Å²) in [7, 11) is 0. The average molecular weight is 204 g/mol. The summed E-state index contributed by atoms with van der Waals surface area (Å²) >= 11 is 0. The fraction of sp³-hybridized carbons (Fsp3) is 0.182. The van der Waals surface area contributed by atoms with Crippen molar-refractivity contribution < 1.29 is 9.26 Å². The lowest BCUT2D eigenvalue weighted by molar-refractivity contribution is 0.248. The summed E-state index contributed by atoms with van der Waals surface area (Å²) in [5.41, 5.74) is 6.14. The molecule has 0 saturated heterocycles. The highest BCUT2D eigenvalue weighted by molar-refractivity contribution is 5.21. The molecule has 0 atom stereocenters. The molecule has 78 valence electrons. The first-order valence-corrected chi connectivity index (χ1v) is 4.71. The van der Waals surface area contributed by atoms with Crippen LogP contribution in [0, 0.1) is 0 Å². The molecule has 2 aromatic rings. The van der Waals surface area contributed by atoms with Crippen molar-refractivity contribution in [3.63, 3.8) is 0 Å². The van der Waals surface area contributed by atoms with Gasteiger partial charge in [-0.2, -0.15) is 0 Å². The van der Waals surface area contributed by atoms with Crippen LogP contribution in [0.4, 0.5) is 0 Å². The minimum Gasteiger partial charge on any atom is -0.486 e. The van der Waals surface area contributed by atoms with E-state index in [0.29, 0.717) is 18.9 Å². The molecule has 2 N–H and O–H groups in total. The predicted octanol–water partition coefficient (Wildman–Crippen LogP) is 1.71. The average Bonchev–Trinajstić information content (AvgIpc) is 2.76. The van der Waals surface area contributed by atoms with Crippen LogP contribution in [0.5, 0.6) is 5.75 Å². The van der Waals surface area contributed by atoms with Crippen LogP contribution in [0.25, 0.3) is 0 Å². The summed E-state index contributed by atoms with van der Waals surface area (Å²) < 4.78 is 10.5. The van der Waals surface area contributed by atoms with Crippen LogP contribution >= 0.6 is 0 Å². The number of para-hydroxylation sites is 1. The summed E-state index contributed by atoms with van der Waals surface area (Å²) in [6, 6.07) is 11.3. The van der Waals surface area contributed by atoms with Crippen molar-refractivity contribution >= 4 is 0 Å². The van der Waals surface area contributed by atoms with E-state index in [1.807, 2.05) is 30.3 Å². The van der Waals surface area contributed by atoms with E-state index in [2.05, 4.69) is 5.16 Å². The van der Waals surface area contributed by atoms with Gasteiger partial charge in [0.05, 0.1) is 5.69 Å². The summed E-state index contributed by atoms with van der Waals surface area (Å²) in [4.78, 5) is 0. The third-order valence-electron chi connectivity index (χ3n) is 1.94. The van der Waals surface area contributed by atoms with Crippen molar-refractivity contribution in [2.45, 2.75) is 13.2 Å². The van der Waals surface area contributed by atoms with Gasteiger partial charge in [-0.15, -0.1) is 0 Å². The van der Waals surface area contributed by atoms with Gasteiger partial charge in [0.1, 0.15) is 12.4 Å². The zero-order chi connectivity index (χ0) is 10.5. The topological polar surface area (TPSA) is 61.3 Å². The Hall–Kier alpha value is -1.81. The van der Waals surface area contributed by atoms with Crippen LogP contribution < -0.4 is 10.5 Å². The Kier molecular flexibility index (Phi) is 2.99. The van der Waals surface area contributed by atoms with Crippen molar-refractivity contribution in [2.24, 2.45) is 5.73 Å². The number of nitrogens with two attached hydrogens (primary N) is 1. The van der Waals surface area contributed by atoms with Crippen molar-refractivity contribution in [1.82, 2.24) is 5.16 Å².